The molecule has 2 heterocycles. The van der Waals surface area contributed by atoms with E-state index in [1.807, 2.05) is 0 Å². The summed E-state index contributed by atoms with van der Waals surface area (Å²) in [6.07, 6.45) is 4.32. The summed E-state index contributed by atoms with van der Waals surface area (Å²) >= 11 is 0. The number of carbonyl (C=O) groups excluding carboxylic acids is 3. The second kappa shape index (κ2) is 6.45. The van der Waals surface area contributed by atoms with E-state index >= 15 is 0 Å². The molecule has 0 aliphatic carbocycles. The van der Waals surface area contributed by atoms with Crippen molar-refractivity contribution in [2.24, 2.45) is 11.7 Å². The number of carbonyl (C=O) groups is 3. The second-order valence-electron chi connectivity index (χ2n) is 5.40. The Balaban J connectivity index is 1.60. The SMILES string of the molecule is NC(=O)c1ccccc1NC(=O)C1CN(C(=O)c2cnccn2)C1. The first-order valence-corrected chi connectivity index (χ1v) is 7.31. The number of hydrogen-bond acceptors (Lipinski definition) is 5. The highest BCUT2D eigenvalue weighted by Gasteiger charge is 2.36. The fourth-order valence-corrected chi connectivity index (χ4v) is 2.42. The predicted molar refractivity (Wildman–Crippen MR) is 85.0 cm³/mol. The van der Waals surface area contributed by atoms with E-state index in [1.54, 1.807) is 24.3 Å². The van der Waals surface area contributed by atoms with Gasteiger partial charge in [-0.05, 0) is 12.1 Å². The summed E-state index contributed by atoms with van der Waals surface area (Å²) < 4.78 is 0. The number of rotatable bonds is 4. The molecule has 122 valence electrons. The van der Waals surface area contributed by atoms with E-state index in [1.165, 1.54) is 23.5 Å². The van der Waals surface area contributed by atoms with E-state index in [0.29, 0.717) is 18.8 Å². The van der Waals surface area contributed by atoms with Crippen LogP contribution in [0, 0.1) is 5.92 Å². The number of aromatic nitrogens is 2. The van der Waals surface area contributed by atoms with Gasteiger partial charge >= 0.3 is 0 Å². The van der Waals surface area contributed by atoms with E-state index in [0.717, 1.165) is 0 Å². The smallest absolute Gasteiger partial charge is 0.274 e. The minimum Gasteiger partial charge on any atom is -0.366 e. The fourth-order valence-electron chi connectivity index (χ4n) is 2.42. The molecule has 1 aromatic heterocycles. The standard InChI is InChI=1S/C16H15N5O3/c17-14(22)11-3-1-2-4-12(11)20-15(23)10-8-21(9-10)16(24)13-7-18-5-6-19-13/h1-7,10H,8-9H2,(H2,17,22)(H,20,23). The van der Waals surface area contributed by atoms with Crippen molar-refractivity contribution in [3.8, 4) is 0 Å². The fraction of sp³-hybridized carbons (Fsp3) is 0.188. The molecule has 1 aliphatic heterocycles. The Hall–Kier alpha value is -3.29. The Morgan fingerprint density at radius 3 is 2.58 bits per heavy atom. The lowest BCUT2D eigenvalue weighted by Crippen LogP contribution is -2.54. The van der Waals surface area contributed by atoms with Crippen LogP contribution in [0.3, 0.4) is 0 Å². The van der Waals surface area contributed by atoms with Gasteiger partial charge in [-0.2, -0.15) is 0 Å². The number of nitrogens with two attached hydrogens (primary N) is 1. The molecule has 24 heavy (non-hydrogen) atoms. The lowest BCUT2D eigenvalue weighted by atomic mass is 9.98. The molecule has 3 rings (SSSR count). The number of nitrogens with one attached hydrogen (secondary N) is 1. The molecule has 2 aromatic rings. The highest BCUT2D eigenvalue weighted by atomic mass is 16.2. The van der Waals surface area contributed by atoms with Gasteiger partial charge in [0.05, 0.1) is 23.4 Å². The highest BCUT2D eigenvalue weighted by molar-refractivity contribution is 6.04. The van der Waals surface area contributed by atoms with Crippen molar-refractivity contribution in [2.75, 3.05) is 18.4 Å². The Morgan fingerprint density at radius 2 is 1.92 bits per heavy atom. The molecule has 8 heteroatoms. The minimum absolute atomic E-state index is 0.246. The van der Waals surface area contributed by atoms with Gasteiger partial charge in [0.25, 0.3) is 11.8 Å². The number of likely N-dealkylation sites (tertiary alicyclic amines) is 1. The van der Waals surface area contributed by atoms with Crippen LogP contribution in [0.2, 0.25) is 0 Å². The van der Waals surface area contributed by atoms with Crippen molar-refractivity contribution in [3.05, 3.63) is 54.1 Å². The Morgan fingerprint density at radius 1 is 1.17 bits per heavy atom. The molecule has 0 spiro atoms. The van der Waals surface area contributed by atoms with Crippen LogP contribution >= 0.6 is 0 Å². The molecule has 0 saturated carbocycles. The number of primary amides is 1. The first-order valence-electron chi connectivity index (χ1n) is 7.31. The molecule has 1 fully saturated rings. The van der Waals surface area contributed by atoms with Gasteiger partial charge in [0, 0.05) is 25.5 Å². The van der Waals surface area contributed by atoms with Crippen LogP contribution in [0.15, 0.2) is 42.9 Å². The van der Waals surface area contributed by atoms with E-state index in [9.17, 15) is 14.4 Å². The van der Waals surface area contributed by atoms with Crippen molar-refractivity contribution in [2.45, 2.75) is 0 Å². The number of anilines is 1. The summed E-state index contributed by atoms with van der Waals surface area (Å²) in [7, 11) is 0. The monoisotopic (exact) mass is 325 g/mol. The maximum atomic E-state index is 12.2. The number of benzene rings is 1. The third-order valence-corrected chi connectivity index (χ3v) is 3.77. The zero-order chi connectivity index (χ0) is 17.1. The molecule has 3 N–H and O–H groups in total. The summed E-state index contributed by atoms with van der Waals surface area (Å²) in [5.74, 6) is -1.47. The molecule has 0 unspecified atom stereocenters. The first-order chi connectivity index (χ1) is 11.6. The molecular formula is C16H15N5O3. The van der Waals surface area contributed by atoms with Crippen molar-refractivity contribution in [3.63, 3.8) is 0 Å². The Labute approximate surface area is 137 Å². The van der Waals surface area contributed by atoms with Crippen LogP contribution in [-0.4, -0.2) is 45.7 Å². The third kappa shape index (κ3) is 3.07. The van der Waals surface area contributed by atoms with Crippen LogP contribution in [0.1, 0.15) is 20.8 Å². The molecule has 1 saturated heterocycles. The van der Waals surface area contributed by atoms with E-state index in [4.69, 9.17) is 5.73 Å². The zero-order valence-electron chi connectivity index (χ0n) is 12.7. The lowest BCUT2D eigenvalue weighted by Gasteiger charge is -2.37. The molecule has 0 bridgehead atoms. The van der Waals surface area contributed by atoms with Crippen LogP contribution in [0.5, 0.6) is 0 Å². The largest absolute Gasteiger partial charge is 0.366 e. The molecule has 0 atom stereocenters. The average molecular weight is 325 g/mol. The van der Waals surface area contributed by atoms with Crippen LogP contribution in [0.25, 0.3) is 0 Å². The molecule has 0 radical (unpaired) electrons. The van der Waals surface area contributed by atoms with Gasteiger partial charge in [0.1, 0.15) is 5.69 Å². The summed E-state index contributed by atoms with van der Waals surface area (Å²) in [5.41, 5.74) is 6.15. The van der Waals surface area contributed by atoms with Gasteiger partial charge in [-0.25, -0.2) is 4.98 Å². The van der Waals surface area contributed by atoms with Crippen molar-refractivity contribution in [1.82, 2.24) is 14.9 Å². The summed E-state index contributed by atoms with van der Waals surface area (Å²) in [5, 5.41) is 2.69. The summed E-state index contributed by atoms with van der Waals surface area (Å²) in [4.78, 5) is 45.0. The number of hydrogen-bond donors (Lipinski definition) is 2. The minimum atomic E-state index is -0.612. The predicted octanol–water partition coefficient (Wildman–Crippen LogP) is 0.286. The van der Waals surface area contributed by atoms with Gasteiger partial charge in [-0.3, -0.25) is 19.4 Å². The van der Waals surface area contributed by atoms with Crippen LogP contribution in [0.4, 0.5) is 5.69 Å². The van der Waals surface area contributed by atoms with Gasteiger partial charge in [0.15, 0.2) is 0 Å². The van der Waals surface area contributed by atoms with Gasteiger partial charge in [-0.1, -0.05) is 12.1 Å². The molecule has 1 aromatic carbocycles. The average Bonchev–Trinajstić information content (AvgIpc) is 2.54. The van der Waals surface area contributed by atoms with Crippen molar-refractivity contribution < 1.29 is 14.4 Å². The number of para-hydroxylation sites is 1. The maximum Gasteiger partial charge on any atom is 0.274 e. The van der Waals surface area contributed by atoms with E-state index in [-0.39, 0.29) is 29.0 Å². The molecule has 1 aliphatic rings. The van der Waals surface area contributed by atoms with Crippen molar-refractivity contribution >= 4 is 23.4 Å². The second-order valence-corrected chi connectivity index (χ2v) is 5.40. The van der Waals surface area contributed by atoms with Crippen molar-refractivity contribution in [1.29, 1.82) is 0 Å². The summed E-state index contributed by atoms with van der Waals surface area (Å²) in [6, 6.07) is 6.52. The summed E-state index contributed by atoms with van der Waals surface area (Å²) in [6.45, 7) is 0.583. The molecule has 8 nitrogen and oxygen atoms in total. The quantitative estimate of drug-likeness (QED) is 0.837. The van der Waals surface area contributed by atoms with Gasteiger partial charge in [0.2, 0.25) is 5.91 Å². The van der Waals surface area contributed by atoms with Gasteiger partial charge < -0.3 is 16.0 Å². The van der Waals surface area contributed by atoms with Gasteiger partial charge in [-0.15, -0.1) is 0 Å². The molecular weight excluding hydrogens is 310 g/mol. The Kier molecular flexibility index (Phi) is 4.19. The van der Waals surface area contributed by atoms with E-state index < -0.39 is 5.91 Å². The van der Waals surface area contributed by atoms with E-state index in [2.05, 4.69) is 15.3 Å². The Bertz CT molecular complexity index is 787. The maximum absolute atomic E-state index is 12.2. The topological polar surface area (TPSA) is 118 Å². The third-order valence-electron chi connectivity index (χ3n) is 3.77. The first kappa shape index (κ1) is 15.6. The van der Waals surface area contributed by atoms with Crippen LogP contribution < -0.4 is 11.1 Å². The number of amides is 3. The highest BCUT2D eigenvalue weighted by Crippen LogP contribution is 2.21. The normalized spacial score (nSPS) is 13.9. The van der Waals surface area contributed by atoms with Crippen LogP contribution in [-0.2, 0) is 4.79 Å². The zero-order valence-corrected chi connectivity index (χ0v) is 12.7. The number of nitrogens with zero attached hydrogens (tertiary/aromatic N) is 3. The lowest BCUT2D eigenvalue weighted by molar-refractivity contribution is -0.123. The molecule has 3 amide bonds.